The number of nitrogens with zero attached hydrogens (tertiary/aromatic N) is 1. The summed E-state index contributed by atoms with van der Waals surface area (Å²) >= 11 is 1.36. The standard InChI is InChI=1S/C19H19N3O4S/c1-12-9-15(22(25)26)7-8-17(12)21-18(23)11-27-16-4-2-3-14(10-16)20-19(24)13-5-6-13/h2-4,7-10,13H,5-6,11H2,1H3,(H,20,24)(H,21,23). The van der Waals surface area contributed by atoms with Crippen molar-refractivity contribution in [2.75, 3.05) is 16.4 Å². The van der Waals surface area contributed by atoms with Crippen LogP contribution in [0.1, 0.15) is 18.4 Å². The van der Waals surface area contributed by atoms with E-state index in [4.69, 9.17) is 0 Å². The maximum absolute atomic E-state index is 12.2. The molecule has 1 saturated carbocycles. The van der Waals surface area contributed by atoms with Crippen LogP contribution in [0, 0.1) is 23.0 Å². The highest BCUT2D eigenvalue weighted by atomic mass is 32.2. The van der Waals surface area contributed by atoms with Crippen LogP contribution in [-0.2, 0) is 9.59 Å². The molecule has 27 heavy (non-hydrogen) atoms. The van der Waals surface area contributed by atoms with Gasteiger partial charge < -0.3 is 10.6 Å². The first kappa shape index (κ1) is 18.9. The summed E-state index contributed by atoms with van der Waals surface area (Å²) in [5.41, 5.74) is 1.90. The fraction of sp³-hybridized carbons (Fsp3) is 0.263. The van der Waals surface area contributed by atoms with Crippen molar-refractivity contribution < 1.29 is 14.5 Å². The molecule has 1 fully saturated rings. The average Bonchev–Trinajstić information content (AvgIpc) is 3.47. The molecule has 0 unspecified atom stereocenters. The van der Waals surface area contributed by atoms with Crippen LogP contribution in [0.25, 0.3) is 0 Å². The number of nitro groups is 1. The molecule has 0 heterocycles. The van der Waals surface area contributed by atoms with Crippen molar-refractivity contribution in [2.24, 2.45) is 5.92 Å². The van der Waals surface area contributed by atoms with Crippen LogP contribution in [0.4, 0.5) is 17.1 Å². The minimum atomic E-state index is -0.469. The van der Waals surface area contributed by atoms with Gasteiger partial charge in [-0.1, -0.05) is 6.07 Å². The third kappa shape index (κ3) is 5.30. The van der Waals surface area contributed by atoms with Gasteiger partial charge in [0.15, 0.2) is 0 Å². The lowest BCUT2D eigenvalue weighted by molar-refractivity contribution is -0.384. The van der Waals surface area contributed by atoms with Gasteiger partial charge in [-0.2, -0.15) is 0 Å². The summed E-state index contributed by atoms with van der Waals surface area (Å²) in [6, 6.07) is 11.7. The van der Waals surface area contributed by atoms with Crippen molar-refractivity contribution in [3.63, 3.8) is 0 Å². The van der Waals surface area contributed by atoms with Crippen LogP contribution in [0.15, 0.2) is 47.4 Å². The van der Waals surface area contributed by atoms with Crippen LogP contribution in [0.3, 0.4) is 0 Å². The van der Waals surface area contributed by atoms with Gasteiger partial charge in [0.1, 0.15) is 0 Å². The third-order valence-electron chi connectivity index (χ3n) is 4.11. The maximum atomic E-state index is 12.2. The van der Waals surface area contributed by atoms with E-state index in [0.717, 1.165) is 23.4 Å². The summed E-state index contributed by atoms with van der Waals surface area (Å²) < 4.78 is 0. The van der Waals surface area contributed by atoms with E-state index in [1.165, 1.54) is 30.0 Å². The monoisotopic (exact) mass is 385 g/mol. The Balaban J connectivity index is 1.54. The molecule has 0 aromatic heterocycles. The summed E-state index contributed by atoms with van der Waals surface area (Å²) in [7, 11) is 0. The van der Waals surface area contributed by atoms with Gasteiger partial charge in [-0.15, -0.1) is 11.8 Å². The number of anilines is 2. The summed E-state index contributed by atoms with van der Waals surface area (Å²) in [5.74, 6) is 0.168. The number of rotatable bonds is 7. The van der Waals surface area contributed by atoms with Gasteiger partial charge in [-0.05, 0) is 49.6 Å². The molecule has 8 heteroatoms. The molecule has 1 aliphatic carbocycles. The van der Waals surface area contributed by atoms with Crippen molar-refractivity contribution in [1.29, 1.82) is 0 Å². The van der Waals surface area contributed by atoms with E-state index < -0.39 is 4.92 Å². The molecule has 2 aromatic rings. The molecule has 0 spiro atoms. The molecule has 1 aliphatic rings. The number of aryl methyl sites for hydroxylation is 1. The molecular weight excluding hydrogens is 366 g/mol. The Morgan fingerprint density at radius 3 is 2.63 bits per heavy atom. The molecular formula is C19H19N3O4S. The molecule has 2 N–H and O–H groups in total. The zero-order valence-corrected chi connectivity index (χ0v) is 15.5. The molecule has 0 bridgehead atoms. The zero-order chi connectivity index (χ0) is 19.4. The number of thioether (sulfide) groups is 1. The lowest BCUT2D eigenvalue weighted by atomic mass is 10.2. The topological polar surface area (TPSA) is 101 Å². The summed E-state index contributed by atoms with van der Waals surface area (Å²) in [5, 5.41) is 16.4. The number of benzene rings is 2. The van der Waals surface area contributed by atoms with E-state index in [0.29, 0.717) is 11.3 Å². The van der Waals surface area contributed by atoms with E-state index in [1.807, 2.05) is 24.3 Å². The zero-order valence-electron chi connectivity index (χ0n) is 14.7. The average molecular weight is 385 g/mol. The number of carbonyl (C=O) groups is 2. The maximum Gasteiger partial charge on any atom is 0.269 e. The summed E-state index contributed by atoms with van der Waals surface area (Å²) in [4.78, 5) is 35.2. The van der Waals surface area contributed by atoms with E-state index in [-0.39, 0.29) is 29.2 Å². The highest BCUT2D eigenvalue weighted by molar-refractivity contribution is 8.00. The molecule has 0 aliphatic heterocycles. The van der Waals surface area contributed by atoms with E-state index >= 15 is 0 Å². The Morgan fingerprint density at radius 2 is 1.96 bits per heavy atom. The number of nitro benzene ring substituents is 1. The number of hydrogen-bond donors (Lipinski definition) is 2. The van der Waals surface area contributed by atoms with Crippen LogP contribution in [-0.4, -0.2) is 22.5 Å². The lowest BCUT2D eigenvalue weighted by Gasteiger charge is -2.09. The van der Waals surface area contributed by atoms with Gasteiger partial charge in [0.2, 0.25) is 11.8 Å². The van der Waals surface area contributed by atoms with Gasteiger partial charge in [0, 0.05) is 34.3 Å². The van der Waals surface area contributed by atoms with E-state index in [2.05, 4.69) is 10.6 Å². The number of non-ortho nitro benzene ring substituents is 1. The van der Waals surface area contributed by atoms with Crippen LogP contribution in [0.5, 0.6) is 0 Å². The van der Waals surface area contributed by atoms with Crippen LogP contribution < -0.4 is 10.6 Å². The van der Waals surface area contributed by atoms with E-state index in [1.54, 1.807) is 6.92 Å². The number of amides is 2. The lowest BCUT2D eigenvalue weighted by Crippen LogP contribution is -2.15. The minimum absolute atomic E-state index is 0.00932. The summed E-state index contributed by atoms with van der Waals surface area (Å²) in [6.07, 6.45) is 1.89. The van der Waals surface area contributed by atoms with Gasteiger partial charge in [0.25, 0.3) is 5.69 Å². The Hall–Kier alpha value is -2.87. The van der Waals surface area contributed by atoms with Gasteiger partial charge in [-0.3, -0.25) is 19.7 Å². The molecule has 3 rings (SSSR count). The van der Waals surface area contributed by atoms with Crippen molar-refractivity contribution in [3.8, 4) is 0 Å². The molecule has 0 saturated heterocycles. The molecule has 140 valence electrons. The molecule has 7 nitrogen and oxygen atoms in total. The fourth-order valence-electron chi connectivity index (χ4n) is 2.49. The van der Waals surface area contributed by atoms with Crippen molar-refractivity contribution in [2.45, 2.75) is 24.7 Å². The Morgan fingerprint density at radius 1 is 1.19 bits per heavy atom. The molecule has 0 radical (unpaired) electrons. The second kappa shape index (κ2) is 8.22. The smallest absolute Gasteiger partial charge is 0.269 e. The van der Waals surface area contributed by atoms with E-state index in [9.17, 15) is 19.7 Å². The van der Waals surface area contributed by atoms with Gasteiger partial charge >= 0.3 is 0 Å². The number of hydrogen-bond acceptors (Lipinski definition) is 5. The largest absolute Gasteiger partial charge is 0.326 e. The summed E-state index contributed by atoms with van der Waals surface area (Å²) in [6.45, 7) is 1.71. The fourth-order valence-corrected chi connectivity index (χ4v) is 3.25. The Bertz CT molecular complexity index is 896. The van der Waals surface area contributed by atoms with Crippen molar-refractivity contribution in [1.82, 2.24) is 0 Å². The van der Waals surface area contributed by atoms with Crippen LogP contribution in [0.2, 0.25) is 0 Å². The Kier molecular flexibility index (Phi) is 5.75. The molecule has 2 aromatic carbocycles. The SMILES string of the molecule is Cc1cc([N+](=O)[O-])ccc1NC(=O)CSc1cccc(NC(=O)C2CC2)c1. The predicted octanol–water partition coefficient (Wildman–Crippen LogP) is 3.98. The normalized spacial score (nSPS) is 13.1. The molecule has 0 atom stereocenters. The van der Waals surface area contributed by atoms with Crippen LogP contribution >= 0.6 is 11.8 Å². The second-order valence-electron chi connectivity index (χ2n) is 6.38. The third-order valence-corrected chi connectivity index (χ3v) is 5.11. The second-order valence-corrected chi connectivity index (χ2v) is 7.43. The van der Waals surface area contributed by atoms with Gasteiger partial charge in [-0.25, -0.2) is 0 Å². The number of carbonyl (C=O) groups excluding carboxylic acids is 2. The van der Waals surface area contributed by atoms with Gasteiger partial charge in [0.05, 0.1) is 10.7 Å². The first-order valence-corrected chi connectivity index (χ1v) is 9.49. The highest BCUT2D eigenvalue weighted by Crippen LogP contribution is 2.31. The highest BCUT2D eigenvalue weighted by Gasteiger charge is 2.29. The minimum Gasteiger partial charge on any atom is -0.326 e. The quantitative estimate of drug-likeness (QED) is 0.426. The first-order chi connectivity index (χ1) is 12.9. The number of nitrogens with one attached hydrogen (secondary N) is 2. The van der Waals surface area contributed by atoms with Crippen molar-refractivity contribution >= 4 is 40.6 Å². The first-order valence-electron chi connectivity index (χ1n) is 8.51. The Labute approximate surface area is 160 Å². The van der Waals surface area contributed by atoms with Crippen molar-refractivity contribution in [3.05, 3.63) is 58.1 Å². The molecule has 2 amide bonds. The predicted molar refractivity (Wildman–Crippen MR) is 105 cm³/mol.